The molecule has 5 heteroatoms. The van der Waals surface area contributed by atoms with Crippen LogP contribution in [0.15, 0.2) is 0 Å². The second-order valence-electron chi connectivity index (χ2n) is 5.19. The lowest BCUT2D eigenvalue weighted by Crippen LogP contribution is -2.49. The van der Waals surface area contributed by atoms with Gasteiger partial charge < -0.3 is 10.2 Å². The lowest BCUT2D eigenvalue weighted by atomic mass is 10.0. The maximum Gasteiger partial charge on any atom is 0.151 e. The number of hydrogen-bond acceptors (Lipinski definition) is 4. The van der Waals surface area contributed by atoms with E-state index in [-0.39, 0.29) is 23.1 Å². The van der Waals surface area contributed by atoms with Crippen LogP contribution in [0.3, 0.4) is 0 Å². The highest BCUT2D eigenvalue weighted by Gasteiger charge is 2.22. The molecule has 0 aliphatic rings. The van der Waals surface area contributed by atoms with Crippen molar-refractivity contribution in [1.82, 2.24) is 10.2 Å². The van der Waals surface area contributed by atoms with Gasteiger partial charge in [0, 0.05) is 23.9 Å². The number of nitrogens with one attached hydrogen (secondary N) is 1. The Kier molecular flexibility index (Phi) is 5.93. The highest BCUT2D eigenvalue weighted by molar-refractivity contribution is 7.91. The Balaban J connectivity index is 4.14. The summed E-state index contributed by atoms with van der Waals surface area (Å²) >= 11 is 0. The normalized spacial score (nSPS) is 15.4. The van der Waals surface area contributed by atoms with Gasteiger partial charge in [-0.25, -0.2) is 8.42 Å². The highest BCUT2D eigenvalue weighted by Crippen LogP contribution is 2.08. The van der Waals surface area contributed by atoms with Crippen LogP contribution in [-0.4, -0.2) is 57.0 Å². The molecule has 1 N–H and O–H groups in total. The van der Waals surface area contributed by atoms with Crippen molar-refractivity contribution >= 4 is 9.84 Å². The van der Waals surface area contributed by atoms with Crippen molar-refractivity contribution in [2.45, 2.75) is 39.3 Å². The minimum Gasteiger partial charge on any atom is -0.311 e. The molecule has 0 aromatic heterocycles. The average molecular weight is 250 g/mol. The van der Waals surface area contributed by atoms with Crippen LogP contribution in [0, 0.1) is 0 Å². The zero-order valence-electron chi connectivity index (χ0n) is 11.4. The molecule has 0 spiro atoms. The molecular weight excluding hydrogens is 224 g/mol. The third-order valence-electron chi connectivity index (χ3n) is 3.04. The third kappa shape index (κ3) is 5.82. The minimum absolute atomic E-state index is 0.00387. The molecule has 0 bridgehead atoms. The molecule has 0 aromatic rings. The molecule has 0 radical (unpaired) electrons. The van der Waals surface area contributed by atoms with Crippen molar-refractivity contribution in [3.63, 3.8) is 0 Å². The van der Waals surface area contributed by atoms with Gasteiger partial charge in [0.25, 0.3) is 0 Å². The topological polar surface area (TPSA) is 49.4 Å². The molecule has 0 amide bonds. The Morgan fingerprint density at radius 1 is 1.31 bits per heavy atom. The fourth-order valence-corrected chi connectivity index (χ4v) is 2.26. The van der Waals surface area contributed by atoms with Crippen molar-refractivity contribution < 1.29 is 8.42 Å². The van der Waals surface area contributed by atoms with Gasteiger partial charge in [-0.3, -0.25) is 0 Å². The second-order valence-corrected chi connectivity index (χ2v) is 7.59. The van der Waals surface area contributed by atoms with Crippen LogP contribution >= 0.6 is 0 Å². The van der Waals surface area contributed by atoms with Gasteiger partial charge in [-0.05, 0) is 34.9 Å². The number of rotatable bonds is 7. The molecule has 0 aliphatic carbocycles. The smallest absolute Gasteiger partial charge is 0.151 e. The quantitative estimate of drug-likeness (QED) is 0.724. The molecular formula is C11H26N2O2S. The summed E-state index contributed by atoms with van der Waals surface area (Å²) in [5.41, 5.74) is 0.0320. The SMILES string of the molecule is CCS(=O)(=O)CC(C)NCC(C)(C)N(C)C. The minimum atomic E-state index is -2.88. The zero-order chi connectivity index (χ0) is 13.0. The summed E-state index contributed by atoms with van der Waals surface area (Å²) in [4.78, 5) is 2.13. The van der Waals surface area contributed by atoms with Crippen molar-refractivity contribution in [3.05, 3.63) is 0 Å². The average Bonchev–Trinajstić information content (AvgIpc) is 2.14. The Hall–Kier alpha value is -0.130. The second kappa shape index (κ2) is 5.98. The van der Waals surface area contributed by atoms with E-state index in [2.05, 4.69) is 24.1 Å². The number of likely N-dealkylation sites (N-methyl/N-ethyl adjacent to an activating group) is 1. The molecule has 0 saturated carbocycles. The lowest BCUT2D eigenvalue weighted by Gasteiger charge is -2.34. The van der Waals surface area contributed by atoms with E-state index < -0.39 is 9.84 Å². The maximum atomic E-state index is 11.4. The van der Waals surface area contributed by atoms with Crippen molar-refractivity contribution in [1.29, 1.82) is 0 Å². The summed E-state index contributed by atoms with van der Waals surface area (Å²) in [7, 11) is 1.16. The van der Waals surface area contributed by atoms with Gasteiger partial charge in [0.05, 0.1) is 5.75 Å². The van der Waals surface area contributed by atoms with Crippen LogP contribution in [0.2, 0.25) is 0 Å². The van der Waals surface area contributed by atoms with E-state index >= 15 is 0 Å². The van der Waals surface area contributed by atoms with Crippen LogP contribution in [0.1, 0.15) is 27.7 Å². The summed E-state index contributed by atoms with van der Waals surface area (Å²) in [5.74, 6) is 0.434. The largest absolute Gasteiger partial charge is 0.311 e. The molecule has 0 saturated heterocycles. The van der Waals surface area contributed by atoms with Gasteiger partial charge in [-0.1, -0.05) is 6.92 Å². The van der Waals surface area contributed by atoms with Crippen LogP contribution in [0.4, 0.5) is 0 Å². The van der Waals surface area contributed by atoms with Crippen molar-refractivity contribution in [3.8, 4) is 0 Å². The van der Waals surface area contributed by atoms with Gasteiger partial charge in [0.15, 0.2) is 9.84 Å². The predicted octanol–water partition coefficient (Wildman–Crippen LogP) is 0.739. The van der Waals surface area contributed by atoms with E-state index in [1.807, 2.05) is 21.0 Å². The van der Waals surface area contributed by atoms with E-state index in [1.165, 1.54) is 0 Å². The first-order valence-electron chi connectivity index (χ1n) is 5.72. The fraction of sp³-hybridized carbons (Fsp3) is 1.00. The Morgan fingerprint density at radius 2 is 1.81 bits per heavy atom. The lowest BCUT2D eigenvalue weighted by molar-refractivity contribution is 0.186. The van der Waals surface area contributed by atoms with Crippen LogP contribution in [0.25, 0.3) is 0 Å². The predicted molar refractivity (Wildman–Crippen MR) is 69.6 cm³/mol. The number of nitrogens with zero attached hydrogens (tertiary/aromatic N) is 1. The molecule has 4 nitrogen and oxygen atoms in total. The van der Waals surface area contributed by atoms with Gasteiger partial charge in [-0.15, -0.1) is 0 Å². The number of sulfone groups is 1. The third-order valence-corrected chi connectivity index (χ3v) is 4.93. The molecule has 0 heterocycles. The molecule has 0 fully saturated rings. The standard InChI is InChI=1S/C11H26N2O2S/c1-7-16(14,15)8-10(2)12-9-11(3,4)13(5)6/h10,12H,7-9H2,1-6H3. The Bertz CT molecular complexity index is 297. The van der Waals surface area contributed by atoms with Crippen molar-refractivity contribution in [2.24, 2.45) is 0 Å². The summed E-state index contributed by atoms with van der Waals surface area (Å²) in [6.07, 6.45) is 0. The molecule has 98 valence electrons. The summed E-state index contributed by atoms with van der Waals surface area (Å²) in [5, 5.41) is 3.27. The monoisotopic (exact) mass is 250 g/mol. The first kappa shape index (κ1) is 15.9. The van der Waals surface area contributed by atoms with E-state index in [1.54, 1.807) is 6.92 Å². The highest BCUT2D eigenvalue weighted by atomic mass is 32.2. The molecule has 1 atom stereocenters. The van der Waals surface area contributed by atoms with E-state index in [0.717, 1.165) is 6.54 Å². The van der Waals surface area contributed by atoms with Gasteiger partial charge in [0.1, 0.15) is 0 Å². The zero-order valence-corrected chi connectivity index (χ0v) is 12.2. The van der Waals surface area contributed by atoms with E-state index in [9.17, 15) is 8.42 Å². The first-order valence-corrected chi connectivity index (χ1v) is 7.54. The van der Waals surface area contributed by atoms with Crippen LogP contribution in [0.5, 0.6) is 0 Å². The van der Waals surface area contributed by atoms with E-state index in [0.29, 0.717) is 0 Å². The van der Waals surface area contributed by atoms with Crippen LogP contribution in [-0.2, 0) is 9.84 Å². The Morgan fingerprint density at radius 3 is 2.19 bits per heavy atom. The fourth-order valence-electron chi connectivity index (χ4n) is 1.14. The van der Waals surface area contributed by atoms with Gasteiger partial charge >= 0.3 is 0 Å². The van der Waals surface area contributed by atoms with Gasteiger partial charge in [-0.2, -0.15) is 0 Å². The maximum absolute atomic E-state index is 11.4. The molecule has 16 heavy (non-hydrogen) atoms. The summed E-state index contributed by atoms with van der Waals surface area (Å²) < 4.78 is 22.8. The summed E-state index contributed by atoms with van der Waals surface area (Å²) in [6.45, 7) is 8.63. The van der Waals surface area contributed by atoms with Crippen LogP contribution < -0.4 is 5.32 Å². The molecule has 0 aliphatic heterocycles. The molecule has 1 unspecified atom stereocenters. The number of hydrogen-bond donors (Lipinski definition) is 1. The Labute approximate surface area is 100 Å². The van der Waals surface area contributed by atoms with Gasteiger partial charge in [0.2, 0.25) is 0 Å². The van der Waals surface area contributed by atoms with Crippen molar-refractivity contribution in [2.75, 3.05) is 32.1 Å². The first-order chi connectivity index (χ1) is 7.10. The summed E-state index contributed by atoms with van der Waals surface area (Å²) in [6, 6.07) is 0.00387. The molecule has 0 aromatic carbocycles. The molecule has 0 rings (SSSR count). The van der Waals surface area contributed by atoms with E-state index in [4.69, 9.17) is 0 Å².